The van der Waals surface area contributed by atoms with Crippen LogP contribution in [-0.2, 0) is 9.59 Å². The first kappa shape index (κ1) is 21.4. The standard InChI is InChI=1S/C5H10N2O2S.C2H3NO.I2/c1-7(2)5(8)4(6-9)10-3;1-3-2-4;1-2/h9H,1-3H3;1H3;/b6-4+;;. The molecule has 0 unspecified atom stereocenters. The summed E-state index contributed by atoms with van der Waals surface area (Å²) >= 11 is 5.36. The number of halogens is 2. The number of rotatable bonds is 0. The Hall–Kier alpha value is 0.130. The fourth-order valence-electron chi connectivity index (χ4n) is 0.362. The number of aliphatic imine (C=N–C) groups is 1. The lowest BCUT2D eigenvalue weighted by Gasteiger charge is -2.08. The highest BCUT2D eigenvalue weighted by Gasteiger charge is 2.11. The van der Waals surface area contributed by atoms with Crippen LogP contribution in [0.15, 0.2) is 10.1 Å². The van der Waals surface area contributed by atoms with Crippen LogP contribution in [-0.4, -0.2) is 54.5 Å². The maximum absolute atomic E-state index is 10.9. The third-order valence-corrected chi connectivity index (χ3v) is 1.61. The van der Waals surface area contributed by atoms with Crippen molar-refractivity contribution < 1.29 is 14.8 Å². The van der Waals surface area contributed by atoms with Gasteiger partial charge in [-0.1, -0.05) is 5.16 Å². The average Bonchev–Trinajstić information content (AvgIpc) is 2.33. The molecule has 1 N–H and O–H groups in total. The summed E-state index contributed by atoms with van der Waals surface area (Å²) in [6.07, 6.45) is 2.98. The number of carbonyl (C=O) groups excluding carboxylic acids is 2. The van der Waals surface area contributed by atoms with E-state index in [9.17, 15) is 4.79 Å². The Kier molecular flexibility index (Phi) is 23.5. The number of isocyanates is 1. The molecule has 0 radical (unpaired) electrons. The average molecular weight is 473 g/mol. The summed E-state index contributed by atoms with van der Waals surface area (Å²) in [6.45, 7) is 0. The van der Waals surface area contributed by atoms with Gasteiger partial charge in [0.1, 0.15) is 0 Å². The first-order chi connectivity index (χ1) is 7.54. The highest BCUT2D eigenvalue weighted by Crippen LogP contribution is 1.99. The molecule has 0 aromatic heterocycles. The molecule has 0 saturated heterocycles. The Morgan fingerprint density at radius 2 is 1.81 bits per heavy atom. The number of nitrogens with zero attached hydrogens (tertiary/aromatic N) is 3. The van der Waals surface area contributed by atoms with E-state index in [-0.39, 0.29) is 11.0 Å². The van der Waals surface area contributed by atoms with Gasteiger partial charge in [-0.2, -0.15) is 0 Å². The van der Waals surface area contributed by atoms with Crippen LogP contribution in [0.1, 0.15) is 0 Å². The Morgan fingerprint density at radius 3 is 1.88 bits per heavy atom. The zero-order valence-electron chi connectivity index (χ0n) is 9.27. The van der Waals surface area contributed by atoms with Gasteiger partial charge in [0, 0.05) is 58.4 Å². The fourth-order valence-corrected chi connectivity index (χ4v) is 0.801. The summed E-state index contributed by atoms with van der Waals surface area (Å²) in [5.41, 5.74) is 0. The van der Waals surface area contributed by atoms with Crippen LogP contribution in [0.5, 0.6) is 0 Å². The topological polar surface area (TPSA) is 82.3 Å². The van der Waals surface area contributed by atoms with E-state index in [0.29, 0.717) is 0 Å². The maximum Gasteiger partial charge on any atom is 0.282 e. The van der Waals surface area contributed by atoms with Crippen molar-refractivity contribution in [2.24, 2.45) is 10.1 Å². The maximum atomic E-state index is 10.9. The first-order valence-electron chi connectivity index (χ1n) is 3.63. The molecule has 0 atom stereocenters. The van der Waals surface area contributed by atoms with Gasteiger partial charge < -0.3 is 10.1 Å². The van der Waals surface area contributed by atoms with Crippen LogP contribution in [0.3, 0.4) is 0 Å². The number of hydrogen-bond donors (Lipinski definition) is 1. The second kappa shape index (κ2) is 17.5. The van der Waals surface area contributed by atoms with Crippen molar-refractivity contribution in [3.05, 3.63) is 0 Å². The predicted octanol–water partition coefficient (Wildman–Crippen LogP) is 1.95. The number of hydrogen-bond acceptors (Lipinski definition) is 6. The monoisotopic (exact) mass is 473 g/mol. The first-order valence-corrected chi connectivity index (χ1v) is 11.1. The Balaban J connectivity index is -0.000000237. The number of carbonyl (C=O) groups is 1. The van der Waals surface area contributed by atoms with Gasteiger partial charge in [-0.25, -0.2) is 9.79 Å². The lowest BCUT2D eigenvalue weighted by molar-refractivity contribution is -0.121. The molecule has 0 heterocycles. The summed E-state index contributed by atoms with van der Waals surface area (Å²) in [4.78, 5) is 24.1. The normalized spacial score (nSPS) is 8.50. The van der Waals surface area contributed by atoms with Crippen molar-refractivity contribution in [2.75, 3.05) is 27.4 Å². The minimum atomic E-state index is -0.282. The fraction of sp³-hybridized carbons (Fsp3) is 0.571. The molecule has 16 heavy (non-hydrogen) atoms. The predicted molar refractivity (Wildman–Crippen MR) is 83.5 cm³/mol. The van der Waals surface area contributed by atoms with E-state index < -0.39 is 0 Å². The van der Waals surface area contributed by atoms with E-state index in [1.165, 1.54) is 18.0 Å². The molecule has 0 fully saturated rings. The second-order valence-electron chi connectivity index (χ2n) is 2.12. The van der Waals surface area contributed by atoms with E-state index in [2.05, 4.69) is 47.4 Å². The molecule has 6 nitrogen and oxygen atoms in total. The van der Waals surface area contributed by atoms with Crippen LogP contribution >= 0.6 is 49.0 Å². The lowest BCUT2D eigenvalue weighted by Crippen LogP contribution is -2.27. The van der Waals surface area contributed by atoms with Gasteiger partial charge in [-0.15, -0.1) is 11.8 Å². The molecule has 0 aromatic rings. The van der Waals surface area contributed by atoms with Crippen molar-refractivity contribution in [1.82, 2.24) is 4.90 Å². The van der Waals surface area contributed by atoms with E-state index in [0.717, 1.165) is 11.8 Å². The van der Waals surface area contributed by atoms with E-state index in [4.69, 9.17) is 10.0 Å². The number of thioether (sulfide) groups is 1. The molecule has 0 aliphatic rings. The highest BCUT2D eigenvalue weighted by atomic mass is 128. The van der Waals surface area contributed by atoms with Crippen molar-refractivity contribution in [2.45, 2.75) is 0 Å². The minimum Gasteiger partial charge on any atom is -0.410 e. The summed E-state index contributed by atoms with van der Waals surface area (Å²) in [7, 11) is 4.58. The molecule has 1 amide bonds. The van der Waals surface area contributed by atoms with Gasteiger partial charge in [0.05, 0.1) is 0 Å². The largest absolute Gasteiger partial charge is 0.410 e. The molecule has 94 valence electrons. The third kappa shape index (κ3) is 14.1. The summed E-state index contributed by atoms with van der Waals surface area (Å²) in [5.74, 6) is -0.282. The van der Waals surface area contributed by atoms with Gasteiger partial charge in [0.25, 0.3) is 5.91 Å². The Morgan fingerprint density at radius 1 is 1.44 bits per heavy atom. The SMILES string of the molecule is CN=C=O.CS/C(=N/O)C(=O)N(C)C.II. The van der Waals surface area contributed by atoms with Gasteiger partial charge in [0.15, 0.2) is 5.04 Å². The smallest absolute Gasteiger partial charge is 0.282 e. The van der Waals surface area contributed by atoms with Crippen LogP contribution in [0.2, 0.25) is 0 Å². The van der Waals surface area contributed by atoms with Gasteiger partial charge in [-0.3, -0.25) is 4.79 Å². The zero-order valence-corrected chi connectivity index (χ0v) is 14.4. The Bertz CT molecular complexity index is 255. The van der Waals surface area contributed by atoms with E-state index in [1.54, 1.807) is 20.4 Å². The summed E-state index contributed by atoms with van der Waals surface area (Å²) < 4.78 is 0. The lowest BCUT2D eigenvalue weighted by atomic mass is 10.6. The highest BCUT2D eigenvalue weighted by molar-refractivity contribution is 15.0. The van der Waals surface area contributed by atoms with E-state index >= 15 is 0 Å². The molecule has 0 saturated carbocycles. The molecule has 0 bridgehead atoms. The summed E-state index contributed by atoms with van der Waals surface area (Å²) in [5, 5.41) is 11.2. The molecule has 9 heteroatoms. The molecule has 0 aromatic carbocycles. The van der Waals surface area contributed by atoms with Crippen LogP contribution in [0.25, 0.3) is 0 Å². The third-order valence-electron chi connectivity index (χ3n) is 0.965. The van der Waals surface area contributed by atoms with E-state index in [1.807, 2.05) is 0 Å². The van der Waals surface area contributed by atoms with Gasteiger partial charge in [-0.05, 0) is 6.26 Å². The van der Waals surface area contributed by atoms with Gasteiger partial charge >= 0.3 is 0 Å². The Labute approximate surface area is 122 Å². The molecule has 0 aliphatic carbocycles. The summed E-state index contributed by atoms with van der Waals surface area (Å²) in [6, 6.07) is 0. The minimum absolute atomic E-state index is 0.102. The molecular formula is C7H13I2N3O3S. The molecule has 0 spiro atoms. The molecule has 0 rings (SSSR count). The molecular weight excluding hydrogens is 460 g/mol. The number of oxime groups is 1. The van der Waals surface area contributed by atoms with Crippen molar-refractivity contribution >= 4 is 66.0 Å². The van der Waals surface area contributed by atoms with Crippen molar-refractivity contribution in [3.63, 3.8) is 0 Å². The van der Waals surface area contributed by atoms with Crippen molar-refractivity contribution in [3.8, 4) is 0 Å². The quantitative estimate of drug-likeness (QED) is 0.146. The van der Waals surface area contributed by atoms with Crippen LogP contribution in [0.4, 0.5) is 0 Å². The van der Waals surface area contributed by atoms with Crippen LogP contribution < -0.4 is 0 Å². The van der Waals surface area contributed by atoms with Crippen molar-refractivity contribution in [1.29, 1.82) is 0 Å². The second-order valence-corrected chi connectivity index (χ2v) is 2.92. The number of amides is 1. The van der Waals surface area contributed by atoms with Crippen LogP contribution in [0, 0.1) is 0 Å². The zero-order chi connectivity index (χ0) is 13.6. The molecule has 0 aliphatic heterocycles. The van der Waals surface area contributed by atoms with Gasteiger partial charge in [0.2, 0.25) is 6.08 Å².